The van der Waals surface area contributed by atoms with E-state index in [9.17, 15) is 17.6 Å². The molecular weight excluding hydrogens is 349 g/mol. The highest BCUT2D eigenvalue weighted by Gasteiger charge is 2.46. The number of rotatable bonds is 4. The SMILES string of the molecule is CCC1(C)OC(c2ccc(S(N)(=O)=O)cc2)=C(c2cc(F)co2)C1=O. The highest BCUT2D eigenvalue weighted by atomic mass is 32.2. The summed E-state index contributed by atoms with van der Waals surface area (Å²) in [6.45, 7) is 3.44. The lowest BCUT2D eigenvalue weighted by atomic mass is 9.92. The van der Waals surface area contributed by atoms with Crippen molar-refractivity contribution in [2.45, 2.75) is 30.8 Å². The molecule has 0 saturated carbocycles. The van der Waals surface area contributed by atoms with Crippen molar-refractivity contribution < 1.29 is 26.8 Å². The van der Waals surface area contributed by atoms with Gasteiger partial charge < -0.3 is 9.15 Å². The largest absolute Gasteiger partial charge is 0.478 e. The van der Waals surface area contributed by atoms with Crippen molar-refractivity contribution in [3.8, 4) is 0 Å². The summed E-state index contributed by atoms with van der Waals surface area (Å²) < 4.78 is 47.1. The second kappa shape index (κ2) is 5.82. The van der Waals surface area contributed by atoms with Crippen LogP contribution in [0.1, 0.15) is 31.6 Å². The van der Waals surface area contributed by atoms with E-state index >= 15 is 0 Å². The summed E-state index contributed by atoms with van der Waals surface area (Å²) in [6.07, 6.45) is 1.30. The van der Waals surface area contributed by atoms with E-state index in [1.165, 1.54) is 24.3 Å². The number of Topliss-reactive ketones (excluding diaryl/α,β-unsaturated/α-hetero) is 1. The lowest BCUT2D eigenvalue weighted by Gasteiger charge is -2.21. The maximum Gasteiger partial charge on any atom is 0.238 e. The van der Waals surface area contributed by atoms with Crippen LogP contribution < -0.4 is 5.14 Å². The monoisotopic (exact) mass is 365 g/mol. The maximum atomic E-state index is 13.3. The van der Waals surface area contributed by atoms with E-state index < -0.39 is 21.4 Å². The zero-order chi connectivity index (χ0) is 18.4. The van der Waals surface area contributed by atoms with Crippen molar-refractivity contribution >= 4 is 27.1 Å². The number of carbonyl (C=O) groups excluding carboxylic acids is 1. The molecule has 0 radical (unpaired) electrons. The first-order valence-corrected chi connectivity index (χ1v) is 9.06. The van der Waals surface area contributed by atoms with Gasteiger partial charge in [-0.05, 0) is 37.6 Å². The number of nitrogens with two attached hydrogens (primary N) is 1. The molecule has 6 nitrogen and oxygen atoms in total. The van der Waals surface area contributed by atoms with Gasteiger partial charge in [-0.1, -0.05) is 6.92 Å². The molecule has 1 aromatic heterocycles. The molecular formula is C17H16FNO5S. The number of primary sulfonamides is 1. The molecule has 1 aromatic carbocycles. The van der Waals surface area contributed by atoms with Crippen LogP contribution in [0.15, 0.2) is 45.9 Å². The molecule has 3 rings (SSSR count). The van der Waals surface area contributed by atoms with Crippen LogP contribution in [-0.2, 0) is 19.6 Å². The Labute approximate surface area is 144 Å². The number of furan rings is 1. The van der Waals surface area contributed by atoms with Gasteiger partial charge in [-0.15, -0.1) is 0 Å². The van der Waals surface area contributed by atoms with E-state index in [4.69, 9.17) is 14.3 Å². The van der Waals surface area contributed by atoms with Crippen molar-refractivity contribution in [3.05, 3.63) is 53.7 Å². The molecule has 1 atom stereocenters. The molecule has 0 spiro atoms. The molecule has 2 N–H and O–H groups in total. The summed E-state index contributed by atoms with van der Waals surface area (Å²) in [5, 5.41) is 5.09. The van der Waals surface area contributed by atoms with E-state index in [0.717, 1.165) is 12.3 Å². The summed E-state index contributed by atoms with van der Waals surface area (Å²) in [7, 11) is -3.84. The van der Waals surface area contributed by atoms with Crippen molar-refractivity contribution in [1.82, 2.24) is 0 Å². The predicted molar refractivity (Wildman–Crippen MR) is 88.1 cm³/mol. The number of hydrogen-bond donors (Lipinski definition) is 1. The lowest BCUT2D eigenvalue weighted by molar-refractivity contribution is -0.126. The van der Waals surface area contributed by atoms with Gasteiger partial charge in [0.15, 0.2) is 11.4 Å². The fraction of sp³-hybridized carbons (Fsp3) is 0.235. The quantitative estimate of drug-likeness (QED) is 0.898. The van der Waals surface area contributed by atoms with Gasteiger partial charge in [0.2, 0.25) is 15.8 Å². The minimum Gasteiger partial charge on any atom is -0.478 e. The zero-order valence-corrected chi connectivity index (χ0v) is 14.4. The number of hydrogen-bond acceptors (Lipinski definition) is 5. The van der Waals surface area contributed by atoms with E-state index in [1.54, 1.807) is 13.8 Å². The Morgan fingerprint density at radius 2 is 1.88 bits per heavy atom. The van der Waals surface area contributed by atoms with Crippen LogP contribution in [0, 0.1) is 5.82 Å². The summed E-state index contributed by atoms with van der Waals surface area (Å²) in [5.74, 6) is -0.658. The van der Waals surface area contributed by atoms with Gasteiger partial charge in [-0.3, -0.25) is 4.79 Å². The normalized spacial score (nSPS) is 20.9. The molecule has 0 saturated heterocycles. The van der Waals surface area contributed by atoms with Crippen molar-refractivity contribution in [1.29, 1.82) is 0 Å². The summed E-state index contributed by atoms with van der Waals surface area (Å²) in [6, 6.07) is 6.68. The number of halogens is 1. The van der Waals surface area contributed by atoms with E-state index in [-0.39, 0.29) is 27.8 Å². The Morgan fingerprint density at radius 1 is 1.24 bits per heavy atom. The first-order valence-electron chi connectivity index (χ1n) is 7.51. The Hall–Kier alpha value is -2.45. The van der Waals surface area contributed by atoms with Gasteiger partial charge in [-0.25, -0.2) is 17.9 Å². The van der Waals surface area contributed by atoms with Gasteiger partial charge in [-0.2, -0.15) is 0 Å². The van der Waals surface area contributed by atoms with Crippen LogP contribution in [0.25, 0.3) is 11.3 Å². The second-order valence-corrected chi connectivity index (χ2v) is 7.48. The summed E-state index contributed by atoms with van der Waals surface area (Å²) in [5.41, 5.74) is -0.520. The molecule has 1 unspecified atom stereocenters. The first kappa shape index (κ1) is 17.4. The Morgan fingerprint density at radius 3 is 2.36 bits per heavy atom. The molecule has 132 valence electrons. The number of benzene rings is 1. The van der Waals surface area contributed by atoms with Crippen LogP contribution in [0.2, 0.25) is 0 Å². The van der Waals surface area contributed by atoms with Crippen molar-refractivity contribution in [2.75, 3.05) is 0 Å². The standard InChI is InChI=1S/C17H16FNO5S/c1-3-17(2)16(20)14(13-8-11(18)9-23-13)15(24-17)10-4-6-12(7-5-10)25(19,21)22/h4-9H,3H2,1-2H3,(H2,19,21,22). The third kappa shape index (κ3) is 2.98. The van der Waals surface area contributed by atoms with Crippen LogP contribution in [0.3, 0.4) is 0 Å². The van der Waals surface area contributed by atoms with E-state index in [2.05, 4.69) is 0 Å². The second-order valence-electron chi connectivity index (χ2n) is 5.92. The summed E-state index contributed by atoms with van der Waals surface area (Å²) in [4.78, 5) is 12.7. The Bertz CT molecular complexity index is 975. The fourth-order valence-corrected chi connectivity index (χ4v) is 3.11. The molecule has 25 heavy (non-hydrogen) atoms. The number of ether oxygens (including phenoxy) is 1. The molecule has 1 aliphatic rings. The average molecular weight is 365 g/mol. The van der Waals surface area contributed by atoms with Gasteiger partial charge in [0.1, 0.15) is 23.4 Å². The molecule has 0 amide bonds. The highest BCUT2D eigenvalue weighted by Crippen LogP contribution is 2.43. The van der Waals surface area contributed by atoms with Gasteiger partial charge in [0, 0.05) is 11.6 Å². The Balaban J connectivity index is 2.15. The third-order valence-corrected chi connectivity index (χ3v) is 5.12. The zero-order valence-electron chi connectivity index (χ0n) is 13.6. The van der Waals surface area contributed by atoms with Crippen molar-refractivity contribution in [2.24, 2.45) is 5.14 Å². The minimum absolute atomic E-state index is 0.0604. The molecule has 0 bridgehead atoms. The van der Waals surface area contributed by atoms with Gasteiger partial charge in [0.05, 0.1) is 4.90 Å². The number of sulfonamides is 1. The van der Waals surface area contributed by atoms with Crippen molar-refractivity contribution in [3.63, 3.8) is 0 Å². The lowest BCUT2D eigenvalue weighted by Crippen LogP contribution is -2.32. The summed E-state index contributed by atoms with van der Waals surface area (Å²) >= 11 is 0. The van der Waals surface area contributed by atoms with Gasteiger partial charge in [0.25, 0.3) is 0 Å². The molecule has 2 heterocycles. The third-order valence-electron chi connectivity index (χ3n) is 4.20. The fourth-order valence-electron chi connectivity index (χ4n) is 2.59. The molecule has 2 aromatic rings. The molecule has 0 aliphatic carbocycles. The van der Waals surface area contributed by atoms with Crippen LogP contribution in [0.4, 0.5) is 4.39 Å². The molecule has 1 aliphatic heterocycles. The topological polar surface area (TPSA) is 99.6 Å². The van der Waals surface area contributed by atoms with E-state index in [0.29, 0.717) is 12.0 Å². The van der Waals surface area contributed by atoms with Crippen LogP contribution in [-0.4, -0.2) is 19.8 Å². The van der Waals surface area contributed by atoms with Gasteiger partial charge >= 0.3 is 0 Å². The van der Waals surface area contributed by atoms with E-state index in [1.807, 2.05) is 0 Å². The Kier molecular flexibility index (Phi) is 4.04. The predicted octanol–water partition coefficient (Wildman–Crippen LogP) is 2.70. The number of carbonyl (C=O) groups is 1. The minimum atomic E-state index is -3.84. The van der Waals surface area contributed by atoms with Crippen LogP contribution in [0.5, 0.6) is 0 Å². The number of ketones is 1. The molecule has 8 heteroatoms. The van der Waals surface area contributed by atoms with Crippen LogP contribution >= 0.6 is 0 Å². The first-order chi connectivity index (χ1) is 11.7. The smallest absolute Gasteiger partial charge is 0.238 e. The average Bonchev–Trinajstić information content (AvgIpc) is 3.09. The molecule has 0 fully saturated rings. The maximum absolute atomic E-state index is 13.3. The highest BCUT2D eigenvalue weighted by molar-refractivity contribution is 7.89.